The Hall–Kier alpha value is -1.65. The lowest BCUT2D eigenvalue weighted by molar-refractivity contribution is 0.439. The van der Waals surface area contributed by atoms with Gasteiger partial charge in [-0.2, -0.15) is 0 Å². The summed E-state index contributed by atoms with van der Waals surface area (Å²) >= 11 is 0. The molecule has 0 radical (unpaired) electrons. The molecule has 1 aliphatic carbocycles. The maximum atomic E-state index is 4.27. The number of imidazole rings is 1. The van der Waals surface area contributed by atoms with Crippen LogP contribution in [0.15, 0.2) is 12.7 Å². The molecule has 5 heteroatoms. The minimum absolute atomic E-state index is 0.724. The Balaban J connectivity index is 1.74. The van der Waals surface area contributed by atoms with E-state index < -0.39 is 0 Å². The predicted molar refractivity (Wildman–Crippen MR) is 66.7 cm³/mol. The van der Waals surface area contributed by atoms with Crippen molar-refractivity contribution in [3.8, 4) is 0 Å². The van der Waals surface area contributed by atoms with Gasteiger partial charge < -0.3 is 10.3 Å². The van der Waals surface area contributed by atoms with E-state index in [4.69, 9.17) is 0 Å². The van der Waals surface area contributed by atoms with E-state index in [-0.39, 0.29) is 0 Å². The summed E-state index contributed by atoms with van der Waals surface area (Å²) < 4.78 is 0. The van der Waals surface area contributed by atoms with Crippen LogP contribution in [0.2, 0.25) is 0 Å². The van der Waals surface area contributed by atoms with E-state index in [1.54, 1.807) is 12.7 Å². The van der Waals surface area contributed by atoms with Crippen LogP contribution in [0.1, 0.15) is 26.2 Å². The molecule has 2 N–H and O–H groups in total. The number of fused-ring (bicyclic) bond motifs is 1. The van der Waals surface area contributed by atoms with Gasteiger partial charge in [0, 0.05) is 6.54 Å². The smallest absolute Gasteiger partial charge is 0.182 e. The molecular formula is C12H17N5. The van der Waals surface area contributed by atoms with E-state index in [1.165, 1.54) is 19.3 Å². The van der Waals surface area contributed by atoms with Gasteiger partial charge in [0.15, 0.2) is 11.5 Å². The van der Waals surface area contributed by atoms with E-state index in [1.807, 2.05) is 0 Å². The molecule has 1 aliphatic rings. The molecule has 3 rings (SSSR count). The fourth-order valence-electron chi connectivity index (χ4n) is 2.65. The first kappa shape index (κ1) is 10.5. The molecule has 0 amide bonds. The number of hydrogen-bond donors (Lipinski definition) is 2. The average Bonchev–Trinajstić information content (AvgIpc) is 2.95. The molecule has 2 unspecified atom stereocenters. The minimum atomic E-state index is 0.724. The van der Waals surface area contributed by atoms with E-state index >= 15 is 0 Å². The van der Waals surface area contributed by atoms with Gasteiger partial charge in [-0.05, 0) is 18.3 Å². The SMILES string of the molecule is CC1CCCC1CNc1ncnc2nc[nH]c12. The maximum absolute atomic E-state index is 4.27. The average molecular weight is 231 g/mol. The fraction of sp³-hybridized carbons (Fsp3) is 0.583. The Labute approximate surface area is 100 Å². The second kappa shape index (κ2) is 4.31. The second-order valence-electron chi connectivity index (χ2n) is 4.87. The van der Waals surface area contributed by atoms with Gasteiger partial charge in [-0.3, -0.25) is 0 Å². The van der Waals surface area contributed by atoms with Crippen molar-refractivity contribution in [3.63, 3.8) is 0 Å². The quantitative estimate of drug-likeness (QED) is 0.849. The van der Waals surface area contributed by atoms with Crippen molar-refractivity contribution in [3.05, 3.63) is 12.7 Å². The number of aromatic amines is 1. The molecule has 90 valence electrons. The van der Waals surface area contributed by atoms with Crippen molar-refractivity contribution in [1.82, 2.24) is 19.9 Å². The van der Waals surface area contributed by atoms with Crippen molar-refractivity contribution in [1.29, 1.82) is 0 Å². The lowest BCUT2D eigenvalue weighted by atomic mass is 9.98. The number of anilines is 1. The summed E-state index contributed by atoms with van der Waals surface area (Å²) in [4.78, 5) is 15.6. The largest absolute Gasteiger partial charge is 0.368 e. The normalized spacial score (nSPS) is 24.3. The number of nitrogens with zero attached hydrogens (tertiary/aromatic N) is 3. The third kappa shape index (κ3) is 1.97. The zero-order valence-corrected chi connectivity index (χ0v) is 9.98. The van der Waals surface area contributed by atoms with E-state index in [0.29, 0.717) is 0 Å². The lowest BCUT2D eigenvalue weighted by Crippen LogP contribution is -2.17. The van der Waals surface area contributed by atoms with Gasteiger partial charge in [0.05, 0.1) is 6.33 Å². The number of aromatic nitrogens is 4. The Morgan fingerprint density at radius 1 is 1.35 bits per heavy atom. The highest BCUT2D eigenvalue weighted by Gasteiger charge is 2.23. The van der Waals surface area contributed by atoms with Crippen LogP contribution in [0.3, 0.4) is 0 Å². The Kier molecular flexibility index (Phi) is 2.66. The topological polar surface area (TPSA) is 66.5 Å². The molecule has 2 aromatic rings. The van der Waals surface area contributed by atoms with E-state index in [0.717, 1.165) is 35.4 Å². The van der Waals surface area contributed by atoms with E-state index in [9.17, 15) is 0 Å². The Morgan fingerprint density at radius 2 is 2.29 bits per heavy atom. The molecule has 2 atom stereocenters. The van der Waals surface area contributed by atoms with Crippen molar-refractivity contribution in [2.45, 2.75) is 26.2 Å². The minimum Gasteiger partial charge on any atom is -0.368 e. The van der Waals surface area contributed by atoms with Gasteiger partial charge in [-0.1, -0.05) is 19.8 Å². The number of H-pyrrole nitrogens is 1. The Bertz CT molecular complexity index is 506. The molecule has 5 nitrogen and oxygen atoms in total. The summed E-state index contributed by atoms with van der Waals surface area (Å²) in [6, 6.07) is 0. The predicted octanol–water partition coefficient (Wildman–Crippen LogP) is 2.20. The van der Waals surface area contributed by atoms with Crippen molar-refractivity contribution in [2.24, 2.45) is 11.8 Å². The molecule has 2 heterocycles. The summed E-state index contributed by atoms with van der Waals surface area (Å²) in [5.74, 6) is 2.45. The fourth-order valence-corrected chi connectivity index (χ4v) is 2.65. The monoisotopic (exact) mass is 231 g/mol. The van der Waals surface area contributed by atoms with Gasteiger partial charge in [-0.15, -0.1) is 0 Å². The summed E-state index contributed by atoms with van der Waals surface area (Å²) in [7, 11) is 0. The molecule has 0 aliphatic heterocycles. The van der Waals surface area contributed by atoms with Crippen LogP contribution >= 0.6 is 0 Å². The van der Waals surface area contributed by atoms with Crippen LogP contribution in [-0.4, -0.2) is 26.5 Å². The van der Waals surface area contributed by atoms with Gasteiger partial charge in [0.25, 0.3) is 0 Å². The summed E-state index contributed by atoms with van der Waals surface area (Å²) in [6.07, 6.45) is 7.25. The third-order valence-electron chi connectivity index (χ3n) is 3.79. The number of hydrogen-bond acceptors (Lipinski definition) is 4. The molecule has 0 bridgehead atoms. The van der Waals surface area contributed by atoms with Crippen LogP contribution < -0.4 is 5.32 Å². The molecule has 1 fully saturated rings. The first-order valence-corrected chi connectivity index (χ1v) is 6.22. The maximum Gasteiger partial charge on any atom is 0.182 e. The molecule has 2 aromatic heterocycles. The van der Waals surface area contributed by atoms with Crippen LogP contribution in [0.4, 0.5) is 5.82 Å². The first-order chi connectivity index (χ1) is 8.34. The van der Waals surface area contributed by atoms with Crippen LogP contribution in [0, 0.1) is 11.8 Å². The highest BCUT2D eigenvalue weighted by atomic mass is 15.1. The van der Waals surface area contributed by atoms with Crippen molar-refractivity contribution < 1.29 is 0 Å². The molecular weight excluding hydrogens is 214 g/mol. The highest BCUT2D eigenvalue weighted by Crippen LogP contribution is 2.31. The number of nitrogens with one attached hydrogen (secondary N) is 2. The van der Waals surface area contributed by atoms with Crippen LogP contribution in [-0.2, 0) is 0 Å². The first-order valence-electron chi connectivity index (χ1n) is 6.22. The molecule has 0 aromatic carbocycles. The molecule has 0 spiro atoms. The molecule has 17 heavy (non-hydrogen) atoms. The van der Waals surface area contributed by atoms with Gasteiger partial charge in [0.2, 0.25) is 0 Å². The van der Waals surface area contributed by atoms with Crippen LogP contribution in [0.5, 0.6) is 0 Å². The zero-order valence-electron chi connectivity index (χ0n) is 9.98. The molecule has 0 saturated heterocycles. The summed E-state index contributed by atoms with van der Waals surface area (Å²) in [5.41, 5.74) is 1.63. The van der Waals surface area contributed by atoms with Gasteiger partial charge in [-0.25, -0.2) is 15.0 Å². The highest BCUT2D eigenvalue weighted by molar-refractivity contribution is 5.81. The Morgan fingerprint density at radius 3 is 3.12 bits per heavy atom. The molecule has 1 saturated carbocycles. The van der Waals surface area contributed by atoms with Crippen LogP contribution in [0.25, 0.3) is 11.2 Å². The third-order valence-corrected chi connectivity index (χ3v) is 3.79. The summed E-state index contributed by atoms with van der Waals surface area (Å²) in [6.45, 7) is 3.33. The summed E-state index contributed by atoms with van der Waals surface area (Å²) in [5, 5.41) is 3.42. The number of rotatable bonds is 3. The lowest BCUT2D eigenvalue weighted by Gasteiger charge is -2.16. The van der Waals surface area contributed by atoms with Crippen molar-refractivity contribution in [2.75, 3.05) is 11.9 Å². The second-order valence-corrected chi connectivity index (χ2v) is 4.87. The zero-order chi connectivity index (χ0) is 11.7. The van der Waals surface area contributed by atoms with Gasteiger partial charge in [0.1, 0.15) is 11.8 Å². The standard InChI is InChI=1S/C12H17N5/c1-8-3-2-4-9(8)5-13-11-10-12(15-6-14-10)17-7-16-11/h6-9H,2-5H2,1H3,(H2,13,14,15,16,17). The van der Waals surface area contributed by atoms with E-state index in [2.05, 4.69) is 32.2 Å². The van der Waals surface area contributed by atoms with Crippen molar-refractivity contribution >= 4 is 17.0 Å². The van der Waals surface area contributed by atoms with Gasteiger partial charge >= 0.3 is 0 Å².